The summed E-state index contributed by atoms with van der Waals surface area (Å²) >= 11 is 0. The lowest BCUT2D eigenvalue weighted by Crippen LogP contribution is -2.25. The van der Waals surface area contributed by atoms with Crippen LogP contribution in [0.1, 0.15) is 20.8 Å². The molecule has 4 heteroatoms. The zero-order valence-corrected chi connectivity index (χ0v) is 7.38. The van der Waals surface area contributed by atoms with Gasteiger partial charge in [-0.2, -0.15) is 0 Å². The van der Waals surface area contributed by atoms with Gasteiger partial charge in [0.2, 0.25) is 0 Å². The fourth-order valence-corrected chi connectivity index (χ4v) is 0.713. The molecule has 0 aromatic rings. The summed E-state index contributed by atoms with van der Waals surface area (Å²) in [5.41, 5.74) is 0. The van der Waals surface area contributed by atoms with Crippen LogP contribution in [0.15, 0.2) is 0 Å². The van der Waals surface area contributed by atoms with Gasteiger partial charge < -0.3 is 9.16 Å². The van der Waals surface area contributed by atoms with Gasteiger partial charge in [-0.05, 0) is 20.8 Å². The molecule has 0 saturated heterocycles. The van der Waals surface area contributed by atoms with Crippen molar-refractivity contribution in [3.8, 4) is 0 Å². The largest absolute Gasteiger partial charge is 0.514 e. The highest BCUT2D eigenvalue weighted by atomic mass is 28.2. The van der Waals surface area contributed by atoms with Crippen molar-refractivity contribution in [2.24, 2.45) is 0 Å². The Morgan fingerprint density at radius 1 is 1.40 bits per heavy atom. The molecule has 57 valence electrons. The SMILES string of the molecule is CC(C)OC(C)C(=O)O[Si]. The Morgan fingerprint density at radius 2 is 1.90 bits per heavy atom. The van der Waals surface area contributed by atoms with E-state index in [-0.39, 0.29) is 6.10 Å². The molecule has 0 spiro atoms. The first-order chi connectivity index (χ1) is 4.57. The maximum Gasteiger partial charge on any atom is 0.345 e. The summed E-state index contributed by atoms with van der Waals surface area (Å²) in [6, 6.07) is 0. The smallest absolute Gasteiger partial charge is 0.345 e. The summed E-state index contributed by atoms with van der Waals surface area (Å²) in [6.07, 6.45) is -0.460. The fraction of sp³-hybridized carbons (Fsp3) is 0.833. The first kappa shape index (κ1) is 9.65. The number of carbonyl (C=O) groups excluding carboxylic acids is 1. The highest BCUT2D eigenvalue weighted by Crippen LogP contribution is 1.97. The van der Waals surface area contributed by atoms with Crippen molar-refractivity contribution in [1.29, 1.82) is 0 Å². The number of hydrogen-bond acceptors (Lipinski definition) is 3. The van der Waals surface area contributed by atoms with Gasteiger partial charge in [0.1, 0.15) is 0 Å². The zero-order valence-electron chi connectivity index (χ0n) is 6.38. The third-order valence-corrected chi connectivity index (χ3v) is 1.11. The van der Waals surface area contributed by atoms with Crippen LogP contribution in [0.3, 0.4) is 0 Å². The molecule has 0 rings (SSSR count). The molecule has 0 aliphatic heterocycles. The normalized spacial score (nSPS) is 13.3. The zero-order chi connectivity index (χ0) is 8.15. The lowest BCUT2D eigenvalue weighted by molar-refractivity contribution is -0.148. The second-order valence-electron chi connectivity index (χ2n) is 2.25. The summed E-state index contributed by atoms with van der Waals surface area (Å²) < 4.78 is 9.35. The molecule has 3 nitrogen and oxygen atoms in total. The summed E-state index contributed by atoms with van der Waals surface area (Å²) in [6.45, 7) is 5.36. The number of carbonyl (C=O) groups is 1. The van der Waals surface area contributed by atoms with E-state index in [4.69, 9.17) is 4.74 Å². The molecule has 0 aliphatic carbocycles. The van der Waals surface area contributed by atoms with Gasteiger partial charge >= 0.3 is 16.5 Å². The number of ether oxygens (including phenoxy) is 1. The van der Waals surface area contributed by atoms with Crippen LogP contribution in [0.5, 0.6) is 0 Å². The highest BCUT2D eigenvalue weighted by molar-refractivity contribution is 6.06. The van der Waals surface area contributed by atoms with Crippen LogP contribution in [0.4, 0.5) is 0 Å². The van der Waals surface area contributed by atoms with Crippen LogP contribution in [0.25, 0.3) is 0 Å². The molecule has 0 saturated carbocycles. The van der Waals surface area contributed by atoms with Crippen molar-refractivity contribution in [3.05, 3.63) is 0 Å². The van der Waals surface area contributed by atoms with E-state index in [1.807, 2.05) is 13.8 Å². The van der Waals surface area contributed by atoms with E-state index in [0.29, 0.717) is 0 Å². The van der Waals surface area contributed by atoms with Gasteiger partial charge in [0, 0.05) is 0 Å². The standard InChI is InChI=1S/C6H11O3Si/c1-4(2)8-5(3)6(7)9-10/h4-5H,1-3H3. The topological polar surface area (TPSA) is 35.5 Å². The summed E-state index contributed by atoms with van der Waals surface area (Å²) in [5, 5.41) is 0. The molecule has 3 radical (unpaired) electrons. The molecule has 1 atom stereocenters. The minimum Gasteiger partial charge on any atom is -0.514 e. The number of hydrogen-bond donors (Lipinski definition) is 0. The van der Waals surface area contributed by atoms with E-state index in [0.717, 1.165) is 0 Å². The quantitative estimate of drug-likeness (QED) is 0.560. The van der Waals surface area contributed by atoms with Crippen molar-refractivity contribution in [1.82, 2.24) is 0 Å². The minimum absolute atomic E-state index is 0.0424. The van der Waals surface area contributed by atoms with Crippen LogP contribution in [0, 0.1) is 0 Å². The van der Waals surface area contributed by atoms with Crippen molar-refractivity contribution in [3.63, 3.8) is 0 Å². The van der Waals surface area contributed by atoms with E-state index >= 15 is 0 Å². The Hall–Kier alpha value is -0.353. The van der Waals surface area contributed by atoms with Crippen LogP contribution < -0.4 is 0 Å². The van der Waals surface area contributed by atoms with E-state index < -0.39 is 12.1 Å². The summed E-state index contributed by atoms with van der Waals surface area (Å²) in [7, 11) is 2.62. The summed E-state index contributed by atoms with van der Waals surface area (Å²) in [4.78, 5) is 10.7. The lowest BCUT2D eigenvalue weighted by atomic mass is 10.4. The molecular weight excluding hydrogens is 148 g/mol. The predicted molar refractivity (Wildman–Crippen MR) is 37.5 cm³/mol. The van der Waals surface area contributed by atoms with Crippen LogP contribution >= 0.6 is 0 Å². The third-order valence-electron chi connectivity index (χ3n) is 0.909. The molecule has 0 fully saturated rings. The molecule has 10 heavy (non-hydrogen) atoms. The van der Waals surface area contributed by atoms with Crippen molar-refractivity contribution >= 4 is 16.5 Å². The minimum atomic E-state index is -0.502. The molecular formula is C6H11O3Si. The molecule has 0 heterocycles. The van der Waals surface area contributed by atoms with Gasteiger partial charge in [-0.25, -0.2) is 0 Å². The van der Waals surface area contributed by atoms with E-state index in [2.05, 4.69) is 14.9 Å². The van der Waals surface area contributed by atoms with Gasteiger partial charge in [0.05, 0.1) is 6.10 Å². The maximum absolute atomic E-state index is 10.7. The van der Waals surface area contributed by atoms with E-state index in [1.54, 1.807) is 6.92 Å². The highest BCUT2D eigenvalue weighted by Gasteiger charge is 2.13. The van der Waals surface area contributed by atoms with Gasteiger partial charge in [-0.3, -0.25) is 4.79 Å². The van der Waals surface area contributed by atoms with Crippen molar-refractivity contribution in [2.75, 3.05) is 0 Å². The predicted octanol–water partition coefficient (Wildman–Crippen LogP) is 0.427. The Bertz CT molecular complexity index is 114. The summed E-state index contributed by atoms with van der Waals surface area (Å²) in [5.74, 6) is -0.412. The van der Waals surface area contributed by atoms with Gasteiger partial charge in [0.15, 0.2) is 6.10 Å². The Labute approximate surface area is 64.2 Å². The maximum atomic E-state index is 10.7. The first-order valence-electron chi connectivity index (χ1n) is 3.10. The van der Waals surface area contributed by atoms with Crippen LogP contribution in [-0.2, 0) is 14.0 Å². The van der Waals surface area contributed by atoms with Crippen molar-refractivity contribution in [2.45, 2.75) is 33.0 Å². The first-order valence-corrected chi connectivity index (χ1v) is 3.51. The van der Waals surface area contributed by atoms with Gasteiger partial charge in [0.25, 0.3) is 0 Å². The molecule has 0 N–H and O–H groups in total. The fourth-order valence-electron chi connectivity index (χ4n) is 0.547. The molecule has 0 aromatic heterocycles. The molecule has 0 bridgehead atoms. The molecule has 0 amide bonds. The second-order valence-corrected chi connectivity index (χ2v) is 2.45. The Balaban J connectivity index is 3.61. The Kier molecular flexibility index (Phi) is 4.30. The van der Waals surface area contributed by atoms with E-state index in [1.165, 1.54) is 0 Å². The average molecular weight is 159 g/mol. The average Bonchev–Trinajstić information content (AvgIpc) is 1.85. The molecule has 0 aliphatic rings. The second kappa shape index (κ2) is 4.46. The Morgan fingerprint density at radius 3 is 2.20 bits per heavy atom. The van der Waals surface area contributed by atoms with Gasteiger partial charge in [-0.15, -0.1) is 0 Å². The van der Waals surface area contributed by atoms with E-state index in [9.17, 15) is 4.79 Å². The number of rotatable bonds is 3. The lowest BCUT2D eigenvalue weighted by Gasteiger charge is -2.12. The molecule has 1 unspecified atom stereocenters. The van der Waals surface area contributed by atoms with Gasteiger partial charge in [-0.1, -0.05) is 0 Å². The third kappa shape index (κ3) is 3.63. The van der Waals surface area contributed by atoms with Crippen molar-refractivity contribution < 1.29 is 14.0 Å². The molecule has 0 aromatic carbocycles. The monoisotopic (exact) mass is 159 g/mol. The van der Waals surface area contributed by atoms with Crippen LogP contribution in [0.2, 0.25) is 0 Å². The van der Waals surface area contributed by atoms with Crippen LogP contribution in [-0.4, -0.2) is 28.7 Å².